The van der Waals surface area contributed by atoms with Gasteiger partial charge in [0.05, 0.1) is 10.6 Å². The maximum absolute atomic E-state index is 6.16. The first-order valence-corrected chi connectivity index (χ1v) is 7.45. The van der Waals surface area contributed by atoms with Crippen LogP contribution in [0, 0.1) is 6.92 Å². The van der Waals surface area contributed by atoms with Gasteiger partial charge in [-0.25, -0.2) is 9.97 Å². The molecule has 5 heteroatoms. The van der Waals surface area contributed by atoms with Crippen molar-refractivity contribution < 1.29 is 0 Å². The number of aryl methyl sites for hydroxylation is 1. The predicted octanol–water partition coefficient (Wildman–Crippen LogP) is 4.88. The van der Waals surface area contributed by atoms with E-state index in [2.05, 4.69) is 32.8 Å². The topological polar surface area (TPSA) is 25.8 Å². The second-order valence-corrected chi connectivity index (χ2v) is 5.88. The van der Waals surface area contributed by atoms with Crippen LogP contribution < -0.4 is 0 Å². The van der Waals surface area contributed by atoms with E-state index in [9.17, 15) is 0 Å². The minimum absolute atomic E-state index is 0.554. The van der Waals surface area contributed by atoms with Crippen LogP contribution in [0.5, 0.6) is 0 Å². The van der Waals surface area contributed by atoms with Gasteiger partial charge in [0.2, 0.25) is 0 Å². The Morgan fingerprint density at radius 2 is 2.18 bits per heavy atom. The van der Waals surface area contributed by atoms with Crippen molar-refractivity contribution in [2.24, 2.45) is 0 Å². The number of rotatable bonds is 3. The van der Waals surface area contributed by atoms with Gasteiger partial charge >= 0.3 is 0 Å². The van der Waals surface area contributed by atoms with Crippen molar-refractivity contribution >= 4 is 38.9 Å². The predicted molar refractivity (Wildman–Crippen MR) is 76.8 cm³/mol. The molecule has 0 aromatic carbocycles. The third kappa shape index (κ3) is 2.69. The lowest BCUT2D eigenvalue weighted by Gasteiger charge is -2.08. The first kappa shape index (κ1) is 13.0. The Morgan fingerprint density at radius 1 is 1.41 bits per heavy atom. The van der Waals surface area contributed by atoms with Crippen LogP contribution in [0.4, 0.5) is 0 Å². The van der Waals surface area contributed by atoms with E-state index in [4.69, 9.17) is 11.6 Å². The van der Waals surface area contributed by atoms with Gasteiger partial charge < -0.3 is 0 Å². The summed E-state index contributed by atoms with van der Waals surface area (Å²) in [5.74, 6) is 0.818. The minimum atomic E-state index is 0.554. The van der Waals surface area contributed by atoms with E-state index in [1.54, 1.807) is 11.3 Å². The number of thiophene rings is 1. The second-order valence-electron chi connectivity index (χ2n) is 3.75. The second kappa shape index (κ2) is 5.46. The summed E-state index contributed by atoms with van der Waals surface area (Å²) in [6.07, 6.45) is 1.88. The monoisotopic (exact) mass is 330 g/mol. The van der Waals surface area contributed by atoms with Crippen LogP contribution >= 0.6 is 38.9 Å². The molecule has 0 unspecified atom stereocenters. The highest BCUT2D eigenvalue weighted by Gasteiger charge is 2.14. The van der Waals surface area contributed by atoms with Gasteiger partial charge in [0.25, 0.3) is 0 Å². The Labute approximate surface area is 118 Å². The van der Waals surface area contributed by atoms with Gasteiger partial charge in [-0.1, -0.05) is 18.5 Å². The molecule has 0 N–H and O–H groups in total. The van der Waals surface area contributed by atoms with E-state index < -0.39 is 0 Å². The summed E-state index contributed by atoms with van der Waals surface area (Å²) in [5, 5.41) is 2.59. The summed E-state index contributed by atoms with van der Waals surface area (Å²) in [6, 6.07) is 2.02. The number of nitrogens with zero attached hydrogens (tertiary/aromatic N) is 2. The molecular formula is C12H12BrClN2S. The normalized spacial score (nSPS) is 10.8. The lowest BCUT2D eigenvalue weighted by molar-refractivity contribution is 0.833. The molecule has 2 aromatic heterocycles. The summed E-state index contributed by atoms with van der Waals surface area (Å²) in [7, 11) is 0. The zero-order valence-corrected chi connectivity index (χ0v) is 12.8. The van der Waals surface area contributed by atoms with Crippen molar-refractivity contribution in [2.75, 3.05) is 0 Å². The highest BCUT2D eigenvalue weighted by molar-refractivity contribution is 9.10. The van der Waals surface area contributed by atoms with E-state index in [1.807, 2.05) is 18.4 Å². The standard InChI is InChI=1S/C12H12BrClN2S/c1-3-4-9-15-10(7(2)12(14)16-9)11-8(13)5-6-17-11/h5-6H,3-4H2,1-2H3. The van der Waals surface area contributed by atoms with Crippen molar-refractivity contribution in [3.8, 4) is 10.6 Å². The quantitative estimate of drug-likeness (QED) is 0.749. The molecule has 2 heterocycles. The Hall–Kier alpha value is -0.450. The smallest absolute Gasteiger partial charge is 0.136 e. The van der Waals surface area contributed by atoms with Crippen molar-refractivity contribution in [1.29, 1.82) is 0 Å². The summed E-state index contributed by atoms with van der Waals surface area (Å²) < 4.78 is 1.06. The van der Waals surface area contributed by atoms with Gasteiger partial charge in [0.15, 0.2) is 0 Å². The average Bonchev–Trinajstić information content (AvgIpc) is 2.70. The molecule has 2 nitrogen and oxygen atoms in total. The molecule has 2 aromatic rings. The molecule has 0 amide bonds. The molecule has 0 radical (unpaired) electrons. The van der Waals surface area contributed by atoms with Gasteiger partial charge in [-0.05, 0) is 40.7 Å². The van der Waals surface area contributed by atoms with Gasteiger partial charge in [-0.3, -0.25) is 0 Å². The zero-order valence-electron chi connectivity index (χ0n) is 9.63. The van der Waals surface area contributed by atoms with Crippen LogP contribution in [0.25, 0.3) is 10.6 Å². The Bertz CT molecular complexity index is 539. The van der Waals surface area contributed by atoms with Gasteiger partial charge in [-0.2, -0.15) is 0 Å². The van der Waals surface area contributed by atoms with E-state index in [0.29, 0.717) is 5.15 Å². The molecular weight excluding hydrogens is 320 g/mol. The Balaban J connectivity index is 2.56. The third-order valence-corrected chi connectivity index (χ3v) is 4.65. The molecule has 0 atom stereocenters. The summed E-state index contributed by atoms with van der Waals surface area (Å²) in [5.41, 5.74) is 1.88. The van der Waals surface area contributed by atoms with Crippen LogP contribution in [0.15, 0.2) is 15.9 Å². The lowest BCUT2D eigenvalue weighted by Crippen LogP contribution is -2.00. The SMILES string of the molecule is CCCc1nc(Cl)c(C)c(-c2sccc2Br)n1. The number of halogens is 2. The van der Waals surface area contributed by atoms with E-state index in [1.165, 1.54) is 0 Å². The van der Waals surface area contributed by atoms with Crippen LogP contribution in [0.3, 0.4) is 0 Å². The van der Waals surface area contributed by atoms with Crippen molar-refractivity contribution in [3.05, 3.63) is 32.5 Å². The third-order valence-electron chi connectivity index (χ3n) is 2.44. The molecule has 0 aliphatic heterocycles. The minimum Gasteiger partial charge on any atom is -0.232 e. The first-order chi connectivity index (χ1) is 8.13. The fourth-order valence-corrected chi connectivity index (χ4v) is 3.35. The van der Waals surface area contributed by atoms with Crippen molar-refractivity contribution in [2.45, 2.75) is 26.7 Å². The molecule has 0 spiro atoms. The lowest BCUT2D eigenvalue weighted by atomic mass is 10.2. The number of hydrogen-bond donors (Lipinski definition) is 0. The zero-order chi connectivity index (χ0) is 12.4. The molecule has 0 aliphatic carbocycles. The molecule has 0 fully saturated rings. The maximum atomic E-state index is 6.16. The van der Waals surface area contributed by atoms with Crippen LogP contribution in [-0.4, -0.2) is 9.97 Å². The molecule has 0 aliphatic rings. The Morgan fingerprint density at radius 3 is 2.76 bits per heavy atom. The molecule has 90 valence electrons. The van der Waals surface area contributed by atoms with Crippen molar-refractivity contribution in [3.63, 3.8) is 0 Å². The highest BCUT2D eigenvalue weighted by atomic mass is 79.9. The average molecular weight is 332 g/mol. The van der Waals surface area contributed by atoms with Crippen molar-refractivity contribution in [1.82, 2.24) is 9.97 Å². The summed E-state index contributed by atoms with van der Waals surface area (Å²) >= 11 is 11.4. The van der Waals surface area contributed by atoms with Gasteiger partial charge in [0, 0.05) is 16.5 Å². The molecule has 2 rings (SSSR count). The van der Waals surface area contributed by atoms with E-state index in [-0.39, 0.29) is 0 Å². The van der Waals surface area contributed by atoms with Gasteiger partial charge in [-0.15, -0.1) is 11.3 Å². The molecule has 0 saturated heterocycles. The van der Waals surface area contributed by atoms with Gasteiger partial charge in [0.1, 0.15) is 11.0 Å². The molecule has 0 saturated carbocycles. The molecule has 0 bridgehead atoms. The fraction of sp³-hybridized carbons (Fsp3) is 0.333. The number of aromatic nitrogens is 2. The highest BCUT2D eigenvalue weighted by Crippen LogP contribution is 2.35. The Kier molecular flexibility index (Phi) is 4.17. The fourth-order valence-electron chi connectivity index (χ4n) is 1.55. The molecule has 17 heavy (non-hydrogen) atoms. The van der Waals surface area contributed by atoms with Crippen LogP contribution in [0.2, 0.25) is 5.15 Å². The van der Waals surface area contributed by atoms with E-state index >= 15 is 0 Å². The number of hydrogen-bond acceptors (Lipinski definition) is 3. The summed E-state index contributed by atoms with van der Waals surface area (Å²) in [4.78, 5) is 10.0. The largest absolute Gasteiger partial charge is 0.232 e. The van der Waals surface area contributed by atoms with Crippen LogP contribution in [0.1, 0.15) is 24.7 Å². The summed E-state index contributed by atoms with van der Waals surface area (Å²) in [6.45, 7) is 4.07. The maximum Gasteiger partial charge on any atom is 0.136 e. The first-order valence-electron chi connectivity index (χ1n) is 5.39. The van der Waals surface area contributed by atoms with E-state index in [0.717, 1.165) is 39.3 Å². The van der Waals surface area contributed by atoms with Crippen LogP contribution in [-0.2, 0) is 6.42 Å².